The van der Waals surface area contributed by atoms with Gasteiger partial charge in [-0.05, 0) is 23.3 Å². The van der Waals surface area contributed by atoms with Gasteiger partial charge >= 0.3 is 0 Å². The summed E-state index contributed by atoms with van der Waals surface area (Å²) in [7, 11) is 0. The number of rotatable bonds is 0. The molecule has 0 spiro atoms. The highest BCUT2D eigenvalue weighted by atomic mass is 16.3. The first-order valence-electron chi connectivity index (χ1n) is 5.44. The van der Waals surface area contributed by atoms with Crippen LogP contribution in [0.4, 0.5) is 0 Å². The van der Waals surface area contributed by atoms with Crippen LogP contribution in [0.15, 0.2) is 16.5 Å². The summed E-state index contributed by atoms with van der Waals surface area (Å²) in [4.78, 5) is 4.38. The lowest BCUT2D eigenvalue weighted by Gasteiger charge is -2.33. The van der Waals surface area contributed by atoms with Gasteiger partial charge in [-0.15, -0.1) is 0 Å². The lowest BCUT2D eigenvalue weighted by Crippen LogP contribution is -2.22. The van der Waals surface area contributed by atoms with Crippen LogP contribution >= 0.6 is 0 Å². The molecule has 2 aliphatic rings. The van der Waals surface area contributed by atoms with E-state index < -0.39 is 0 Å². The van der Waals surface area contributed by atoms with Crippen molar-refractivity contribution in [3.05, 3.63) is 29.2 Å². The Bertz CT molecular complexity index is 511. The molecular weight excluding hydrogens is 188 g/mol. The number of fused-ring (bicyclic) bond motifs is 5. The lowest BCUT2D eigenvalue weighted by molar-refractivity contribution is 0.553. The van der Waals surface area contributed by atoms with Crippen LogP contribution < -0.4 is 5.32 Å². The first-order chi connectivity index (χ1) is 7.33. The predicted octanol–water partition coefficient (Wildman–Crippen LogP) is 1.92. The van der Waals surface area contributed by atoms with Crippen molar-refractivity contribution in [2.45, 2.75) is 18.8 Å². The molecule has 76 valence electrons. The van der Waals surface area contributed by atoms with Crippen LogP contribution in [0.5, 0.6) is 0 Å². The Morgan fingerprint density at radius 3 is 2.80 bits per heavy atom. The fourth-order valence-corrected chi connectivity index (χ4v) is 3.00. The van der Waals surface area contributed by atoms with Crippen LogP contribution in [-0.4, -0.2) is 18.1 Å². The highest BCUT2D eigenvalue weighted by molar-refractivity contribution is 5.77. The number of aromatic nitrogens is 1. The highest BCUT2D eigenvalue weighted by Gasteiger charge is 2.41. The SMILES string of the molecule is Cc1nc2cc3c(cc2o1)C1CNCC31. The quantitative estimate of drug-likeness (QED) is 0.706. The predicted molar refractivity (Wildman–Crippen MR) is 57.1 cm³/mol. The van der Waals surface area contributed by atoms with E-state index in [0.29, 0.717) is 0 Å². The number of oxazole rings is 1. The Hall–Kier alpha value is -1.35. The number of benzene rings is 1. The number of aryl methyl sites for hydroxylation is 1. The van der Waals surface area contributed by atoms with Crippen molar-refractivity contribution in [3.63, 3.8) is 0 Å². The summed E-state index contributed by atoms with van der Waals surface area (Å²) in [5.41, 5.74) is 4.90. The first kappa shape index (κ1) is 7.88. The van der Waals surface area contributed by atoms with E-state index >= 15 is 0 Å². The Kier molecular flexibility index (Phi) is 1.27. The molecule has 2 heterocycles. The summed E-state index contributed by atoms with van der Waals surface area (Å²) >= 11 is 0. The molecule has 2 aromatic rings. The minimum Gasteiger partial charge on any atom is -0.441 e. The Balaban J connectivity index is 1.99. The van der Waals surface area contributed by atoms with Crippen LogP contribution in [0.3, 0.4) is 0 Å². The summed E-state index contributed by atoms with van der Waals surface area (Å²) in [6, 6.07) is 4.38. The number of nitrogens with zero attached hydrogens (tertiary/aromatic N) is 1. The molecular formula is C12H12N2O. The maximum Gasteiger partial charge on any atom is 0.192 e. The Labute approximate surface area is 87.5 Å². The number of hydrogen-bond acceptors (Lipinski definition) is 3. The maximum absolute atomic E-state index is 5.55. The molecule has 0 amide bonds. The van der Waals surface area contributed by atoms with Crippen molar-refractivity contribution in [1.29, 1.82) is 0 Å². The average Bonchev–Trinajstić information content (AvgIpc) is 2.75. The van der Waals surface area contributed by atoms with Crippen molar-refractivity contribution >= 4 is 11.1 Å². The van der Waals surface area contributed by atoms with E-state index in [-0.39, 0.29) is 0 Å². The van der Waals surface area contributed by atoms with E-state index in [9.17, 15) is 0 Å². The first-order valence-corrected chi connectivity index (χ1v) is 5.44. The molecule has 1 fully saturated rings. The second-order valence-corrected chi connectivity index (χ2v) is 4.55. The van der Waals surface area contributed by atoms with Gasteiger partial charge in [0.1, 0.15) is 5.52 Å². The summed E-state index contributed by atoms with van der Waals surface area (Å²) in [5.74, 6) is 2.20. The monoisotopic (exact) mass is 200 g/mol. The van der Waals surface area contributed by atoms with Gasteiger partial charge in [0.05, 0.1) is 0 Å². The van der Waals surface area contributed by atoms with Gasteiger partial charge in [-0.3, -0.25) is 0 Å². The van der Waals surface area contributed by atoms with E-state index in [2.05, 4.69) is 22.4 Å². The molecule has 1 aromatic carbocycles. The summed E-state index contributed by atoms with van der Waals surface area (Å²) in [5, 5.41) is 3.44. The molecule has 1 N–H and O–H groups in total. The molecule has 0 radical (unpaired) electrons. The van der Waals surface area contributed by atoms with Gasteiger partial charge in [-0.2, -0.15) is 0 Å². The van der Waals surface area contributed by atoms with Crippen LogP contribution in [0.25, 0.3) is 11.1 Å². The third-order valence-electron chi connectivity index (χ3n) is 3.71. The summed E-state index contributed by atoms with van der Waals surface area (Å²) in [6.45, 7) is 4.15. The molecule has 1 aromatic heterocycles. The van der Waals surface area contributed by atoms with Crippen LogP contribution in [0.2, 0.25) is 0 Å². The average molecular weight is 200 g/mol. The topological polar surface area (TPSA) is 38.1 Å². The molecule has 1 aliphatic heterocycles. The molecule has 15 heavy (non-hydrogen) atoms. The molecule has 2 atom stereocenters. The van der Waals surface area contributed by atoms with Crippen LogP contribution in [-0.2, 0) is 0 Å². The van der Waals surface area contributed by atoms with E-state index in [0.717, 1.165) is 41.9 Å². The lowest BCUT2D eigenvalue weighted by atomic mass is 9.70. The molecule has 3 heteroatoms. The van der Waals surface area contributed by atoms with Crippen molar-refractivity contribution in [2.75, 3.05) is 13.1 Å². The van der Waals surface area contributed by atoms with Gasteiger partial charge in [0.15, 0.2) is 11.5 Å². The third kappa shape index (κ3) is 0.868. The van der Waals surface area contributed by atoms with Crippen molar-refractivity contribution in [2.24, 2.45) is 0 Å². The van der Waals surface area contributed by atoms with E-state index in [4.69, 9.17) is 4.42 Å². The van der Waals surface area contributed by atoms with Gasteiger partial charge in [0.2, 0.25) is 0 Å². The standard InChI is InChI=1S/C12H12N2O/c1-6-14-11-2-7-8(3-12(11)15-6)10-5-13-4-9(7)10/h2-3,9-10,13H,4-5H2,1H3. The molecule has 1 aliphatic carbocycles. The second-order valence-electron chi connectivity index (χ2n) is 4.55. The van der Waals surface area contributed by atoms with Crippen molar-refractivity contribution in [3.8, 4) is 0 Å². The second kappa shape index (κ2) is 2.42. The highest BCUT2D eigenvalue weighted by Crippen LogP contribution is 2.49. The van der Waals surface area contributed by atoms with Gasteiger partial charge < -0.3 is 9.73 Å². The van der Waals surface area contributed by atoms with E-state index in [1.54, 1.807) is 0 Å². The zero-order valence-electron chi connectivity index (χ0n) is 8.58. The minimum atomic E-state index is 0.717. The zero-order chi connectivity index (χ0) is 9.99. The van der Waals surface area contributed by atoms with Gasteiger partial charge in [0, 0.05) is 31.8 Å². The van der Waals surface area contributed by atoms with E-state index in [1.165, 1.54) is 11.1 Å². The van der Waals surface area contributed by atoms with Gasteiger partial charge in [-0.1, -0.05) is 0 Å². The maximum atomic E-state index is 5.55. The van der Waals surface area contributed by atoms with Crippen LogP contribution in [0.1, 0.15) is 28.9 Å². The fourth-order valence-electron chi connectivity index (χ4n) is 3.00. The molecule has 0 bridgehead atoms. The van der Waals surface area contributed by atoms with E-state index in [1.807, 2.05) is 6.92 Å². The fraction of sp³-hybridized carbons (Fsp3) is 0.417. The Morgan fingerprint density at radius 2 is 2.00 bits per heavy atom. The summed E-state index contributed by atoms with van der Waals surface area (Å²) in [6.07, 6.45) is 0. The Morgan fingerprint density at radius 1 is 1.27 bits per heavy atom. The number of nitrogens with one attached hydrogen (secondary N) is 1. The van der Waals surface area contributed by atoms with Crippen molar-refractivity contribution < 1.29 is 4.42 Å². The van der Waals surface area contributed by atoms with Crippen molar-refractivity contribution in [1.82, 2.24) is 10.3 Å². The molecule has 1 saturated heterocycles. The summed E-state index contributed by atoms with van der Waals surface area (Å²) < 4.78 is 5.55. The smallest absolute Gasteiger partial charge is 0.192 e. The molecule has 0 saturated carbocycles. The zero-order valence-corrected chi connectivity index (χ0v) is 8.58. The van der Waals surface area contributed by atoms with Gasteiger partial charge in [-0.25, -0.2) is 4.98 Å². The normalized spacial score (nSPS) is 27.5. The van der Waals surface area contributed by atoms with Gasteiger partial charge in [0.25, 0.3) is 0 Å². The largest absolute Gasteiger partial charge is 0.441 e. The molecule has 3 nitrogen and oxygen atoms in total. The minimum absolute atomic E-state index is 0.717. The third-order valence-corrected chi connectivity index (χ3v) is 3.71. The molecule has 4 rings (SSSR count). The van der Waals surface area contributed by atoms with Crippen LogP contribution in [0, 0.1) is 6.92 Å². The number of hydrogen-bond donors (Lipinski definition) is 1. The molecule has 2 unspecified atom stereocenters.